The van der Waals surface area contributed by atoms with Gasteiger partial charge in [-0.05, 0) is 34.6 Å². The number of amides is 1. The molecule has 1 saturated heterocycles. The van der Waals surface area contributed by atoms with E-state index < -0.39 is 5.54 Å². The summed E-state index contributed by atoms with van der Waals surface area (Å²) in [6.45, 7) is 11.2. The van der Waals surface area contributed by atoms with Crippen LogP contribution >= 0.6 is 0 Å². The van der Waals surface area contributed by atoms with Gasteiger partial charge in [-0.15, -0.1) is 0 Å². The van der Waals surface area contributed by atoms with Gasteiger partial charge in [0.2, 0.25) is 5.91 Å². The molecular weight excluding hydrogens is 242 g/mol. The second-order valence-corrected chi connectivity index (χ2v) is 5.83. The summed E-state index contributed by atoms with van der Waals surface area (Å²) in [6.07, 6.45) is 0. The molecule has 0 bridgehead atoms. The number of carbonyl (C=O) groups excluding carboxylic acids is 1. The molecule has 1 amide bonds. The van der Waals surface area contributed by atoms with Crippen LogP contribution in [0.5, 0.6) is 0 Å². The molecule has 1 aromatic heterocycles. The molecule has 0 saturated carbocycles. The van der Waals surface area contributed by atoms with Gasteiger partial charge in [-0.1, -0.05) is 0 Å². The lowest BCUT2D eigenvalue weighted by atomic mass is 9.98. The van der Waals surface area contributed by atoms with E-state index in [1.165, 1.54) is 0 Å². The van der Waals surface area contributed by atoms with Gasteiger partial charge in [0.25, 0.3) is 0 Å². The van der Waals surface area contributed by atoms with Gasteiger partial charge in [-0.3, -0.25) is 4.79 Å². The number of rotatable bonds is 2. The monoisotopic (exact) mass is 265 g/mol. The number of nitrogen functional groups attached to an aromatic ring is 1. The molecule has 0 aliphatic carbocycles. The van der Waals surface area contributed by atoms with Crippen LogP contribution in [0.25, 0.3) is 0 Å². The average molecular weight is 265 g/mol. The maximum Gasteiger partial charge on any atom is 0.245 e. The lowest BCUT2D eigenvalue weighted by Gasteiger charge is -2.43. The molecule has 1 aliphatic rings. The Kier molecular flexibility index (Phi) is 3.20. The highest BCUT2D eigenvalue weighted by atomic mass is 16.2. The fourth-order valence-electron chi connectivity index (χ4n) is 2.45. The van der Waals surface area contributed by atoms with Gasteiger partial charge in [0.05, 0.1) is 11.4 Å². The van der Waals surface area contributed by atoms with Crippen LogP contribution in [-0.2, 0) is 4.79 Å². The summed E-state index contributed by atoms with van der Waals surface area (Å²) in [5, 5.41) is 7.39. The first kappa shape index (κ1) is 13.7. The second kappa shape index (κ2) is 4.43. The molecule has 1 aliphatic heterocycles. The minimum absolute atomic E-state index is 0.0207. The quantitative estimate of drug-likeness (QED) is 0.838. The van der Waals surface area contributed by atoms with E-state index in [2.05, 4.69) is 29.2 Å². The molecule has 6 heteroatoms. The summed E-state index contributed by atoms with van der Waals surface area (Å²) in [5.41, 5.74) is 7.04. The first-order valence-corrected chi connectivity index (χ1v) is 6.67. The number of aryl methyl sites for hydroxylation is 1. The Morgan fingerprint density at radius 2 is 2.05 bits per heavy atom. The molecular formula is C13H23N5O. The van der Waals surface area contributed by atoms with Crippen LogP contribution in [0.4, 0.5) is 11.5 Å². The number of piperazine rings is 1. The summed E-state index contributed by atoms with van der Waals surface area (Å²) < 4.78 is 1.91. The molecule has 1 fully saturated rings. The van der Waals surface area contributed by atoms with Gasteiger partial charge < -0.3 is 16.0 Å². The zero-order valence-electron chi connectivity index (χ0n) is 12.3. The third-order valence-electron chi connectivity index (χ3n) is 3.70. The second-order valence-electron chi connectivity index (χ2n) is 5.83. The van der Waals surface area contributed by atoms with Crippen LogP contribution in [0.15, 0.2) is 0 Å². The van der Waals surface area contributed by atoms with Crippen LogP contribution in [-0.4, -0.2) is 34.3 Å². The predicted molar refractivity (Wildman–Crippen MR) is 76.2 cm³/mol. The molecule has 6 nitrogen and oxygen atoms in total. The Hall–Kier alpha value is -1.72. The van der Waals surface area contributed by atoms with E-state index in [9.17, 15) is 4.79 Å². The summed E-state index contributed by atoms with van der Waals surface area (Å²) in [4.78, 5) is 14.1. The average Bonchev–Trinajstić information content (AvgIpc) is 2.60. The van der Waals surface area contributed by atoms with Crippen molar-refractivity contribution in [2.45, 2.75) is 46.2 Å². The van der Waals surface area contributed by atoms with Crippen molar-refractivity contribution in [1.29, 1.82) is 0 Å². The molecule has 0 unspecified atom stereocenters. The first-order chi connectivity index (χ1) is 8.76. The van der Waals surface area contributed by atoms with Crippen molar-refractivity contribution in [3.63, 3.8) is 0 Å². The molecule has 1 aromatic rings. The van der Waals surface area contributed by atoms with Crippen molar-refractivity contribution in [1.82, 2.24) is 15.1 Å². The van der Waals surface area contributed by atoms with E-state index in [4.69, 9.17) is 5.73 Å². The van der Waals surface area contributed by atoms with Crippen LogP contribution in [0, 0.1) is 6.92 Å². The largest absolute Gasteiger partial charge is 0.394 e. The van der Waals surface area contributed by atoms with E-state index in [1.807, 2.05) is 25.5 Å². The summed E-state index contributed by atoms with van der Waals surface area (Å²) in [7, 11) is 0. The summed E-state index contributed by atoms with van der Waals surface area (Å²) >= 11 is 0. The number of nitrogens with one attached hydrogen (secondary N) is 1. The molecule has 0 spiro atoms. The highest BCUT2D eigenvalue weighted by Gasteiger charge is 2.40. The zero-order valence-corrected chi connectivity index (χ0v) is 12.3. The maximum absolute atomic E-state index is 12.1. The fraction of sp³-hybridized carbons (Fsp3) is 0.692. The van der Waals surface area contributed by atoms with Gasteiger partial charge in [-0.2, -0.15) is 5.10 Å². The van der Waals surface area contributed by atoms with Crippen LogP contribution in [0.1, 0.15) is 39.4 Å². The van der Waals surface area contributed by atoms with Crippen molar-refractivity contribution >= 4 is 17.4 Å². The number of nitrogens with two attached hydrogens (primary N) is 1. The Morgan fingerprint density at radius 1 is 1.42 bits per heavy atom. The molecule has 0 radical (unpaired) electrons. The Labute approximate surface area is 113 Å². The molecule has 106 valence electrons. The van der Waals surface area contributed by atoms with Crippen LogP contribution in [0.2, 0.25) is 0 Å². The molecule has 19 heavy (non-hydrogen) atoms. The van der Waals surface area contributed by atoms with Gasteiger partial charge >= 0.3 is 0 Å². The van der Waals surface area contributed by atoms with Crippen molar-refractivity contribution < 1.29 is 4.79 Å². The Morgan fingerprint density at radius 3 is 2.63 bits per heavy atom. The lowest BCUT2D eigenvalue weighted by Crippen LogP contribution is -2.62. The maximum atomic E-state index is 12.1. The molecule has 3 N–H and O–H groups in total. The SMILES string of the molecule is Cc1nn(C(C)C)c(N2CCNC(=O)C2(C)C)c1N. The fourth-order valence-corrected chi connectivity index (χ4v) is 2.45. The standard InChI is InChI=1S/C13H23N5O/c1-8(2)18-11(10(14)9(3)16-18)17-7-6-15-12(19)13(17,4)5/h8H,6-7,14H2,1-5H3,(H,15,19). The third-order valence-corrected chi connectivity index (χ3v) is 3.70. The molecule has 2 heterocycles. The van der Waals surface area contributed by atoms with Crippen LogP contribution < -0.4 is 16.0 Å². The van der Waals surface area contributed by atoms with Crippen LogP contribution in [0.3, 0.4) is 0 Å². The predicted octanol–water partition coefficient (Wildman–Crippen LogP) is 1.07. The number of nitrogens with zero attached hydrogens (tertiary/aromatic N) is 3. The Balaban J connectivity index is 2.54. The van der Waals surface area contributed by atoms with Gasteiger partial charge in [0.1, 0.15) is 5.54 Å². The lowest BCUT2D eigenvalue weighted by molar-refractivity contribution is -0.126. The van der Waals surface area contributed by atoms with Gasteiger partial charge in [-0.25, -0.2) is 4.68 Å². The summed E-state index contributed by atoms with van der Waals surface area (Å²) in [6, 6.07) is 0.201. The molecule has 0 aromatic carbocycles. The van der Waals surface area contributed by atoms with E-state index in [-0.39, 0.29) is 11.9 Å². The van der Waals surface area contributed by atoms with Crippen molar-refractivity contribution in [2.24, 2.45) is 0 Å². The minimum Gasteiger partial charge on any atom is -0.394 e. The van der Waals surface area contributed by atoms with Crippen molar-refractivity contribution in [2.75, 3.05) is 23.7 Å². The van der Waals surface area contributed by atoms with E-state index in [0.29, 0.717) is 12.2 Å². The number of carbonyl (C=O) groups is 1. The number of hydrogen-bond donors (Lipinski definition) is 2. The number of anilines is 2. The number of aromatic nitrogens is 2. The zero-order chi connectivity index (χ0) is 14.4. The highest BCUT2D eigenvalue weighted by Crippen LogP contribution is 2.34. The first-order valence-electron chi connectivity index (χ1n) is 6.67. The van der Waals surface area contributed by atoms with Crippen molar-refractivity contribution in [3.05, 3.63) is 5.69 Å². The van der Waals surface area contributed by atoms with Crippen molar-refractivity contribution in [3.8, 4) is 0 Å². The highest BCUT2D eigenvalue weighted by molar-refractivity contribution is 5.91. The molecule has 0 atom stereocenters. The van der Waals surface area contributed by atoms with Gasteiger partial charge in [0.15, 0.2) is 5.82 Å². The number of hydrogen-bond acceptors (Lipinski definition) is 4. The normalized spacial score (nSPS) is 18.8. The molecule has 2 rings (SSSR count). The van der Waals surface area contributed by atoms with E-state index >= 15 is 0 Å². The summed E-state index contributed by atoms with van der Waals surface area (Å²) in [5.74, 6) is 0.875. The van der Waals surface area contributed by atoms with Gasteiger partial charge in [0, 0.05) is 19.1 Å². The minimum atomic E-state index is -0.620. The Bertz CT molecular complexity index is 503. The third kappa shape index (κ3) is 2.05. The van der Waals surface area contributed by atoms with E-state index in [1.54, 1.807) is 0 Å². The van der Waals surface area contributed by atoms with E-state index in [0.717, 1.165) is 18.1 Å². The topological polar surface area (TPSA) is 76.2 Å². The smallest absolute Gasteiger partial charge is 0.245 e.